The molecule has 3 atom stereocenters. The van der Waals surface area contributed by atoms with Crippen molar-refractivity contribution in [1.82, 2.24) is 26.4 Å². The summed E-state index contributed by atoms with van der Waals surface area (Å²) in [4.78, 5) is 12.2. The summed E-state index contributed by atoms with van der Waals surface area (Å²) in [5.41, 5.74) is 3.32. The lowest BCUT2D eigenvalue weighted by molar-refractivity contribution is -0.147. The highest BCUT2D eigenvalue weighted by Crippen LogP contribution is 2.60. The van der Waals surface area contributed by atoms with Crippen LogP contribution in [0.5, 0.6) is 5.75 Å². The second kappa shape index (κ2) is 7.08. The van der Waals surface area contributed by atoms with E-state index in [-0.39, 0.29) is 35.5 Å². The van der Waals surface area contributed by atoms with Crippen molar-refractivity contribution in [3.63, 3.8) is 0 Å². The van der Waals surface area contributed by atoms with E-state index >= 15 is 0 Å². The first-order valence-electron chi connectivity index (χ1n) is 10.4. The van der Waals surface area contributed by atoms with E-state index in [1.807, 2.05) is 0 Å². The van der Waals surface area contributed by atoms with Gasteiger partial charge in [0.15, 0.2) is 24.1 Å². The number of halogens is 3. The highest BCUT2D eigenvalue weighted by Gasteiger charge is 2.69. The molecule has 0 aromatic heterocycles. The second-order valence-electron chi connectivity index (χ2n) is 9.23. The van der Waals surface area contributed by atoms with E-state index < -0.39 is 17.5 Å². The fraction of sp³-hybridized carbons (Fsp3) is 0.650. The number of rotatable bonds is 6. The van der Waals surface area contributed by atoms with Gasteiger partial charge in [0.25, 0.3) is 5.91 Å². The van der Waals surface area contributed by atoms with Gasteiger partial charge in [-0.05, 0) is 32.6 Å². The maximum absolute atomic E-state index is 13.2. The molecule has 2 saturated heterocycles. The van der Waals surface area contributed by atoms with Gasteiger partial charge in [0.2, 0.25) is 0 Å². The Morgan fingerprint density at radius 1 is 1.23 bits per heavy atom. The first-order chi connectivity index (χ1) is 14.3. The molecule has 3 unspecified atom stereocenters. The van der Waals surface area contributed by atoms with Crippen molar-refractivity contribution >= 4 is 5.91 Å². The summed E-state index contributed by atoms with van der Waals surface area (Å²) < 4.78 is 44.6. The number of hydrogen-bond donors (Lipinski definition) is 4. The molecule has 1 aromatic carbocycles. The van der Waals surface area contributed by atoms with Crippen LogP contribution in [0, 0.1) is 17.5 Å². The van der Waals surface area contributed by atoms with E-state index in [2.05, 4.69) is 33.3 Å². The Hall–Kier alpha value is -1.88. The van der Waals surface area contributed by atoms with Gasteiger partial charge < -0.3 is 10.1 Å². The Kier molecular flexibility index (Phi) is 4.73. The summed E-state index contributed by atoms with van der Waals surface area (Å²) in [5.74, 6) is -4.83. The second-order valence-corrected chi connectivity index (χ2v) is 9.23. The molecule has 30 heavy (non-hydrogen) atoms. The van der Waals surface area contributed by atoms with Crippen molar-refractivity contribution in [2.24, 2.45) is 0 Å². The zero-order valence-electron chi connectivity index (χ0n) is 16.7. The predicted molar refractivity (Wildman–Crippen MR) is 102 cm³/mol. The Morgan fingerprint density at radius 3 is 2.63 bits per heavy atom. The Bertz CT molecular complexity index is 826. The van der Waals surface area contributed by atoms with Crippen molar-refractivity contribution in [1.29, 1.82) is 0 Å². The molecular formula is C20H26F3N5O2. The molecule has 2 aliphatic heterocycles. The smallest absolute Gasteiger partial charge is 0.258 e. The van der Waals surface area contributed by atoms with Gasteiger partial charge in [-0.25, -0.2) is 18.2 Å². The fourth-order valence-corrected chi connectivity index (χ4v) is 5.59. The third-order valence-electron chi connectivity index (χ3n) is 6.71. The van der Waals surface area contributed by atoms with Gasteiger partial charge in [-0.3, -0.25) is 20.9 Å². The molecule has 0 radical (unpaired) electrons. The Morgan fingerprint density at radius 2 is 1.93 bits per heavy atom. The summed E-state index contributed by atoms with van der Waals surface area (Å²) >= 11 is 0. The van der Waals surface area contributed by atoms with Gasteiger partial charge in [0.05, 0.1) is 12.2 Å². The van der Waals surface area contributed by atoms with Crippen LogP contribution in [0.3, 0.4) is 0 Å². The maximum Gasteiger partial charge on any atom is 0.258 e. The third kappa shape index (κ3) is 3.45. The van der Waals surface area contributed by atoms with Crippen molar-refractivity contribution < 1.29 is 22.7 Å². The standard InChI is InChI=1S/C20H26F3N5O2/c1-11-4-15-18(24-2-3-28(15)27-11)26-20-8-19(9-20,10-20)25-16(29)7-30-12-5-13(21)17(23)14(22)6-12/h5-6,11,15,18,24,26-27H,2-4,7-10H2,1H3,(H,25,29). The number of benzene rings is 1. The van der Waals surface area contributed by atoms with Crippen LogP contribution < -0.4 is 26.1 Å². The largest absolute Gasteiger partial charge is 0.484 e. The summed E-state index contributed by atoms with van der Waals surface area (Å²) in [6.45, 7) is 3.73. The topological polar surface area (TPSA) is 77.7 Å². The van der Waals surface area contributed by atoms with E-state index in [0.717, 1.165) is 50.9 Å². The Balaban J connectivity index is 1.09. The maximum atomic E-state index is 13.2. The molecule has 4 N–H and O–H groups in total. The van der Waals surface area contributed by atoms with Crippen molar-refractivity contribution in [3.8, 4) is 5.75 Å². The molecule has 5 fully saturated rings. The molecule has 10 heteroatoms. The summed E-state index contributed by atoms with van der Waals surface area (Å²) in [6, 6.07) is 2.34. The van der Waals surface area contributed by atoms with Gasteiger partial charge in [0.1, 0.15) is 5.75 Å². The van der Waals surface area contributed by atoms with Gasteiger partial charge in [-0.2, -0.15) is 0 Å². The highest BCUT2D eigenvalue weighted by atomic mass is 19.2. The van der Waals surface area contributed by atoms with E-state index in [1.54, 1.807) is 0 Å². The number of nitrogens with zero attached hydrogens (tertiary/aromatic N) is 1. The normalized spacial score (nSPS) is 37.1. The van der Waals surface area contributed by atoms with Crippen LogP contribution in [0.4, 0.5) is 13.2 Å². The van der Waals surface area contributed by atoms with Crippen LogP contribution in [0.15, 0.2) is 12.1 Å². The minimum atomic E-state index is -1.56. The minimum absolute atomic E-state index is 0.0455. The van der Waals surface area contributed by atoms with Gasteiger partial charge in [0, 0.05) is 42.3 Å². The Labute approximate surface area is 172 Å². The molecule has 0 spiro atoms. The van der Waals surface area contributed by atoms with Gasteiger partial charge >= 0.3 is 0 Å². The van der Waals surface area contributed by atoms with E-state index in [0.29, 0.717) is 12.1 Å². The van der Waals surface area contributed by atoms with Gasteiger partial charge in [-0.1, -0.05) is 0 Å². The number of hydrazine groups is 1. The summed E-state index contributed by atoms with van der Waals surface area (Å²) in [5, 5.41) is 12.6. The predicted octanol–water partition coefficient (Wildman–Crippen LogP) is 0.760. The lowest BCUT2D eigenvalue weighted by atomic mass is 9.44. The van der Waals surface area contributed by atoms with Crippen LogP contribution in [0.2, 0.25) is 0 Å². The molecule has 2 bridgehead atoms. The number of fused-ring (bicyclic) bond motifs is 1. The monoisotopic (exact) mass is 425 g/mol. The molecule has 164 valence electrons. The van der Waals surface area contributed by atoms with Crippen LogP contribution in [0.1, 0.15) is 32.6 Å². The SMILES string of the molecule is CC1CC2C(NC34CC(NC(=O)COc5cc(F)c(F)c(F)c5)(C3)C4)NCCN2N1. The molecular weight excluding hydrogens is 399 g/mol. The van der Waals surface area contributed by atoms with Crippen LogP contribution in [-0.4, -0.2) is 59.9 Å². The molecule has 6 rings (SSSR count). The van der Waals surface area contributed by atoms with Crippen molar-refractivity contribution in [2.45, 2.75) is 61.9 Å². The molecule has 5 aliphatic rings. The molecule has 7 nitrogen and oxygen atoms in total. The summed E-state index contributed by atoms with van der Waals surface area (Å²) in [7, 11) is 0. The van der Waals surface area contributed by atoms with Crippen LogP contribution in [0.25, 0.3) is 0 Å². The number of amides is 1. The number of ether oxygens (including phenoxy) is 1. The number of piperazine rings is 1. The zero-order valence-corrected chi connectivity index (χ0v) is 16.7. The number of carbonyl (C=O) groups is 1. The molecule has 1 amide bonds. The van der Waals surface area contributed by atoms with Crippen molar-refractivity contribution in [3.05, 3.63) is 29.6 Å². The van der Waals surface area contributed by atoms with Crippen molar-refractivity contribution in [2.75, 3.05) is 19.7 Å². The summed E-state index contributed by atoms with van der Waals surface area (Å²) in [6.07, 6.45) is 3.85. The van der Waals surface area contributed by atoms with Crippen LogP contribution in [-0.2, 0) is 4.79 Å². The third-order valence-corrected chi connectivity index (χ3v) is 6.71. The quantitative estimate of drug-likeness (QED) is 0.505. The lowest BCUT2D eigenvalue weighted by Gasteiger charge is -2.71. The number of carbonyl (C=O) groups excluding carboxylic acids is 1. The molecule has 3 saturated carbocycles. The average molecular weight is 425 g/mol. The average Bonchev–Trinajstić information content (AvgIpc) is 3.02. The first-order valence-corrected chi connectivity index (χ1v) is 10.4. The highest BCUT2D eigenvalue weighted by molar-refractivity contribution is 5.79. The number of hydrogen-bond acceptors (Lipinski definition) is 6. The van der Waals surface area contributed by atoms with Crippen LogP contribution >= 0.6 is 0 Å². The number of nitrogens with one attached hydrogen (secondary N) is 4. The zero-order chi connectivity index (χ0) is 21.1. The minimum Gasteiger partial charge on any atom is -0.484 e. The molecule has 2 heterocycles. The van der Waals surface area contributed by atoms with Gasteiger partial charge in [-0.15, -0.1) is 0 Å². The lowest BCUT2D eigenvalue weighted by Crippen LogP contribution is -2.86. The molecule has 1 aromatic rings. The van der Waals surface area contributed by atoms with E-state index in [1.165, 1.54) is 0 Å². The first kappa shape index (κ1) is 20.0. The fourth-order valence-electron chi connectivity index (χ4n) is 5.59. The van der Waals surface area contributed by atoms with E-state index in [9.17, 15) is 18.0 Å². The molecule has 3 aliphatic carbocycles. The van der Waals surface area contributed by atoms with E-state index in [4.69, 9.17) is 4.74 Å².